The second-order valence-corrected chi connectivity index (χ2v) is 10.3. The largest absolute Gasteiger partial charge is 0.401 e. The number of Topliss-reactive ketones (excluding diaryl/α,β-unsaturated/α-hetero) is 1. The lowest BCUT2D eigenvalue weighted by atomic mass is 9.96. The molecule has 0 bridgehead atoms. The Kier molecular flexibility index (Phi) is 8.04. The highest BCUT2D eigenvalue weighted by molar-refractivity contribution is 6.11. The molecule has 1 aromatic heterocycles. The van der Waals surface area contributed by atoms with Gasteiger partial charge in [-0.2, -0.15) is 13.2 Å². The molecule has 1 fully saturated rings. The highest BCUT2D eigenvalue weighted by Crippen LogP contribution is 2.26. The van der Waals surface area contributed by atoms with Crippen LogP contribution in [0.15, 0.2) is 79.0 Å². The van der Waals surface area contributed by atoms with E-state index in [1.54, 1.807) is 24.4 Å². The molecule has 1 aliphatic heterocycles. The molecule has 0 radical (unpaired) electrons. The zero-order chi connectivity index (χ0) is 28.3. The summed E-state index contributed by atoms with van der Waals surface area (Å²) in [6, 6.07) is 22.1. The third-order valence-electron chi connectivity index (χ3n) is 7.18. The quantitative estimate of drug-likeness (QED) is 0.238. The molecule has 40 heavy (non-hydrogen) atoms. The summed E-state index contributed by atoms with van der Waals surface area (Å²) in [7, 11) is 0. The lowest BCUT2D eigenvalue weighted by Crippen LogP contribution is -2.60. The number of benzene rings is 3. The zero-order valence-corrected chi connectivity index (χ0v) is 22.1. The number of amides is 1. The van der Waals surface area contributed by atoms with Crippen molar-refractivity contribution < 1.29 is 22.8 Å². The molecule has 6 nitrogen and oxygen atoms in total. The van der Waals surface area contributed by atoms with Crippen LogP contribution in [-0.2, 0) is 6.42 Å². The zero-order valence-electron chi connectivity index (χ0n) is 22.1. The van der Waals surface area contributed by atoms with Crippen LogP contribution in [0.3, 0.4) is 0 Å². The lowest BCUT2D eigenvalue weighted by Gasteiger charge is -2.39. The van der Waals surface area contributed by atoms with E-state index in [1.807, 2.05) is 37.3 Å². The maximum atomic E-state index is 13.8. The summed E-state index contributed by atoms with van der Waals surface area (Å²) in [5.41, 5.74) is 4.77. The molecule has 208 valence electrons. The van der Waals surface area contributed by atoms with Crippen LogP contribution in [0.5, 0.6) is 0 Å². The van der Waals surface area contributed by atoms with E-state index >= 15 is 0 Å². The number of aromatic nitrogens is 1. The molecule has 4 aromatic rings. The monoisotopic (exact) mass is 548 g/mol. The molecule has 0 spiro atoms. The minimum absolute atomic E-state index is 0.0854. The average Bonchev–Trinajstić information content (AvgIpc) is 3.34. The fourth-order valence-corrected chi connectivity index (χ4v) is 5.06. The standard InChI is InChI=1S/C31H31F3N4O2/c1-20-7-9-21(10-8-20)13-14-35-28(22-5-3-2-4-6-22)29(39)26-16-36-27-15-23(11-12-25(26)27)30(40)37-24-17-38(18-24)19-31(32,33)34/h2-12,15-16,24,28,35-36H,13-14,17-19H2,1H3,(H,37,40)/t28-/m1/s1. The van der Waals surface area contributed by atoms with Crippen molar-refractivity contribution in [2.75, 3.05) is 26.2 Å². The van der Waals surface area contributed by atoms with Crippen LogP contribution in [0.25, 0.3) is 10.9 Å². The molecule has 0 unspecified atom stereocenters. The first-order chi connectivity index (χ1) is 19.2. The van der Waals surface area contributed by atoms with E-state index in [0.29, 0.717) is 28.6 Å². The van der Waals surface area contributed by atoms with E-state index < -0.39 is 18.8 Å². The molecule has 1 saturated heterocycles. The van der Waals surface area contributed by atoms with Gasteiger partial charge >= 0.3 is 6.18 Å². The number of ketones is 1. The van der Waals surface area contributed by atoms with Gasteiger partial charge in [-0.25, -0.2) is 0 Å². The van der Waals surface area contributed by atoms with Gasteiger partial charge in [0, 0.05) is 47.9 Å². The SMILES string of the molecule is Cc1ccc(CCN[C@@H](C(=O)c2c[nH]c3cc(C(=O)NC4CN(CC(F)(F)F)C4)ccc23)c2ccccc2)cc1. The summed E-state index contributed by atoms with van der Waals surface area (Å²) >= 11 is 0. The number of carbonyl (C=O) groups is 2. The van der Waals surface area contributed by atoms with Crippen LogP contribution in [0.4, 0.5) is 13.2 Å². The number of halogens is 3. The van der Waals surface area contributed by atoms with E-state index in [1.165, 1.54) is 16.0 Å². The number of aryl methyl sites for hydroxylation is 1. The van der Waals surface area contributed by atoms with Gasteiger partial charge in [0.05, 0.1) is 18.6 Å². The summed E-state index contributed by atoms with van der Waals surface area (Å²) in [6.07, 6.45) is -1.82. The first-order valence-corrected chi connectivity index (χ1v) is 13.3. The molecule has 1 atom stereocenters. The highest BCUT2D eigenvalue weighted by atomic mass is 19.4. The topological polar surface area (TPSA) is 77.2 Å². The number of nitrogens with zero attached hydrogens (tertiary/aromatic N) is 1. The molecule has 0 saturated carbocycles. The van der Waals surface area contributed by atoms with Crippen molar-refractivity contribution in [1.82, 2.24) is 20.5 Å². The van der Waals surface area contributed by atoms with E-state index in [-0.39, 0.29) is 30.8 Å². The van der Waals surface area contributed by atoms with Crippen molar-refractivity contribution in [2.45, 2.75) is 31.6 Å². The number of H-pyrrole nitrogens is 1. The van der Waals surface area contributed by atoms with E-state index in [4.69, 9.17) is 0 Å². The number of hydrogen-bond acceptors (Lipinski definition) is 4. The molecular weight excluding hydrogens is 517 g/mol. The van der Waals surface area contributed by atoms with Gasteiger partial charge in [-0.3, -0.25) is 14.5 Å². The second-order valence-electron chi connectivity index (χ2n) is 10.3. The van der Waals surface area contributed by atoms with Gasteiger partial charge in [-0.05, 0) is 36.6 Å². The smallest absolute Gasteiger partial charge is 0.360 e. The van der Waals surface area contributed by atoms with Gasteiger partial charge in [0.2, 0.25) is 0 Å². The van der Waals surface area contributed by atoms with Crippen LogP contribution in [0, 0.1) is 6.92 Å². The molecule has 1 aliphatic rings. The molecule has 0 aliphatic carbocycles. The molecule has 1 amide bonds. The third-order valence-corrected chi connectivity index (χ3v) is 7.18. The number of alkyl halides is 3. The number of carbonyl (C=O) groups excluding carboxylic acids is 2. The van der Waals surface area contributed by atoms with Gasteiger partial charge in [-0.1, -0.05) is 66.2 Å². The number of aromatic amines is 1. The van der Waals surface area contributed by atoms with Crippen LogP contribution < -0.4 is 10.6 Å². The van der Waals surface area contributed by atoms with Gasteiger partial charge in [0.1, 0.15) is 0 Å². The van der Waals surface area contributed by atoms with Crippen LogP contribution in [0.2, 0.25) is 0 Å². The molecule has 9 heteroatoms. The van der Waals surface area contributed by atoms with Crippen LogP contribution in [0.1, 0.15) is 43.4 Å². The molecule has 2 heterocycles. The summed E-state index contributed by atoms with van der Waals surface area (Å²) in [5.74, 6) is -0.446. The van der Waals surface area contributed by atoms with Gasteiger partial charge in [0.25, 0.3) is 5.91 Å². The Labute approximate surface area is 230 Å². The summed E-state index contributed by atoms with van der Waals surface area (Å²) in [5, 5.41) is 6.91. The van der Waals surface area contributed by atoms with E-state index in [2.05, 4.69) is 39.9 Å². The summed E-state index contributed by atoms with van der Waals surface area (Å²) < 4.78 is 37.6. The Bertz CT molecular complexity index is 1480. The fourth-order valence-electron chi connectivity index (χ4n) is 5.06. The Hall–Kier alpha value is -3.95. The Morgan fingerprint density at radius 3 is 2.45 bits per heavy atom. The highest BCUT2D eigenvalue weighted by Gasteiger charge is 2.37. The normalized spacial score (nSPS) is 15.1. The average molecular weight is 549 g/mol. The van der Waals surface area contributed by atoms with Gasteiger partial charge in [-0.15, -0.1) is 0 Å². The van der Waals surface area contributed by atoms with Crippen LogP contribution in [-0.4, -0.2) is 60.0 Å². The number of fused-ring (bicyclic) bond motifs is 1. The minimum Gasteiger partial charge on any atom is -0.360 e. The summed E-state index contributed by atoms with van der Waals surface area (Å²) in [6.45, 7) is 2.00. The Morgan fingerprint density at radius 1 is 1.02 bits per heavy atom. The predicted molar refractivity (Wildman–Crippen MR) is 148 cm³/mol. The van der Waals surface area contributed by atoms with Crippen LogP contribution >= 0.6 is 0 Å². The van der Waals surface area contributed by atoms with E-state index in [0.717, 1.165) is 12.0 Å². The van der Waals surface area contributed by atoms with Gasteiger partial charge < -0.3 is 15.6 Å². The fraction of sp³-hybridized carbons (Fsp3) is 0.290. The number of likely N-dealkylation sites (tertiary alicyclic amines) is 1. The number of nitrogens with one attached hydrogen (secondary N) is 3. The molecule has 3 N–H and O–H groups in total. The third kappa shape index (κ3) is 6.60. The predicted octanol–water partition coefficient (Wildman–Crippen LogP) is 5.21. The van der Waals surface area contributed by atoms with Crippen molar-refractivity contribution >= 4 is 22.6 Å². The maximum absolute atomic E-state index is 13.8. The van der Waals surface area contributed by atoms with Crippen molar-refractivity contribution in [3.8, 4) is 0 Å². The molecular formula is C31H31F3N4O2. The number of rotatable bonds is 10. The summed E-state index contributed by atoms with van der Waals surface area (Å²) in [4.78, 5) is 30.9. The number of hydrogen-bond donors (Lipinski definition) is 3. The maximum Gasteiger partial charge on any atom is 0.401 e. The Balaban J connectivity index is 1.27. The molecule has 5 rings (SSSR count). The first kappa shape index (κ1) is 27.6. The lowest BCUT2D eigenvalue weighted by molar-refractivity contribution is -0.155. The Morgan fingerprint density at radius 2 is 1.75 bits per heavy atom. The van der Waals surface area contributed by atoms with Gasteiger partial charge in [0.15, 0.2) is 5.78 Å². The second kappa shape index (κ2) is 11.7. The van der Waals surface area contributed by atoms with E-state index in [9.17, 15) is 22.8 Å². The molecule has 3 aromatic carbocycles. The minimum atomic E-state index is -4.25. The van der Waals surface area contributed by atoms with Crippen molar-refractivity contribution in [1.29, 1.82) is 0 Å². The first-order valence-electron chi connectivity index (χ1n) is 13.3. The van der Waals surface area contributed by atoms with Crippen molar-refractivity contribution in [3.05, 3.63) is 107 Å². The van der Waals surface area contributed by atoms with Crippen molar-refractivity contribution in [2.24, 2.45) is 0 Å². The van der Waals surface area contributed by atoms with Crippen molar-refractivity contribution in [3.63, 3.8) is 0 Å².